The monoisotopic (exact) mass is 229 g/mol. The zero-order valence-corrected chi connectivity index (χ0v) is 9.56. The van der Waals surface area contributed by atoms with Gasteiger partial charge in [-0.25, -0.2) is 0 Å². The van der Waals surface area contributed by atoms with E-state index in [0.29, 0.717) is 13.2 Å². The number of rotatable bonds is 5. The fourth-order valence-electron chi connectivity index (χ4n) is 1.67. The van der Waals surface area contributed by atoms with Gasteiger partial charge in [0.05, 0.1) is 6.26 Å². The average molecular weight is 229 g/mol. The van der Waals surface area contributed by atoms with Gasteiger partial charge in [-0.3, -0.25) is 0 Å². The highest BCUT2D eigenvalue weighted by Gasteiger charge is 1.99. The van der Waals surface area contributed by atoms with Crippen LogP contribution in [0.4, 0.5) is 5.69 Å². The lowest BCUT2D eigenvalue weighted by Gasteiger charge is -2.08. The molecule has 0 fully saturated rings. The summed E-state index contributed by atoms with van der Waals surface area (Å²) in [4.78, 5) is 0. The fourth-order valence-corrected chi connectivity index (χ4v) is 1.67. The van der Waals surface area contributed by atoms with Crippen molar-refractivity contribution >= 4 is 16.5 Å². The SMILES string of the molecule is C=COCCOc1ccc2c(N)cccc2c1. The van der Waals surface area contributed by atoms with Crippen LogP contribution in [0.1, 0.15) is 0 Å². The van der Waals surface area contributed by atoms with E-state index in [1.807, 2.05) is 36.4 Å². The predicted octanol–water partition coefficient (Wildman–Crippen LogP) is 2.96. The predicted molar refractivity (Wildman–Crippen MR) is 70.0 cm³/mol. The second-order valence-electron chi connectivity index (χ2n) is 3.62. The molecule has 0 saturated heterocycles. The molecular weight excluding hydrogens is 214 g/mol. The van der Waals surface area contributed by atoms with Gasteiger partial charge < -0.3 is 15.2 Å². The van der Waals surface area contributed by atoms with E-state index >= 15 is 0 Å². The Kier molecular flexibility index (Phi) is 3.50. The molecule has 0 aliphatic carbocycles. The van der Waals surface area contributed by atoms with E-state index < -0.39 is 0 Å². The van der Waals surface area contributed by atoms with Crippen molar-refractivity contribution in [3.63, 3.8) is 0 Å². The van der Waals surface area contributed by atoms with Crippen molar-refractivity contribution < 1.29 is 9.47 Å². The molecule has 0 spiro atoms. The van der Waals surface area contributed by atoms with Gasteiger partial charge in [0.25, 0.3) is 0 Å². The molecule has 2 N–H and O–H groups in total. The molecule has 88 valence electrons. The van der Waals surface area contributed by atoms with Crippen LogP contribution in [-0.4, -0.2) is 13.2 Å². The summed E-state index contributed by atoms with van der Waals surface area (Å²) in [5.74, 6) is 0.816. The standard InChI is InChI=1S/C14H15NO2/c1-2-16-8-9-17-12-6-7-13-11(10-12)4-3-5-14(13)15/h2-7,10H,1,8-9,15H2. The highest BCUT2D eigenvalue weighted by atomic mass is 16.5. The van der Waals surface area contributed by atoms with E-state index in [1.54, 1.807) is 0 Å². The summed E-state index contributed by atoms with van der Waals surface area (Å²) in [6.07, 6.45) is 1.41. The van der Waals surface area contributed by atoms with E-state index in [0.717, 1.165) is 22.2 Å². The number of hydrogen-bond acceptors (Lipinski definition) is 3. The van der Waals surface area contributed by atoms with Crippen LogP contribution in [-0.2, 0) is 4.74 Å². The van der Waals surface area contributed by atoms with Gasteiger partial charge in [0, 0.05) is 11.1 Å². The summed E-state index contributed by atoms with van der Waals surface area (Å²) in [6, 6.07) is 11.7. The Morgan fingerprint density at radius 3 is 2.88 bits per heavy atom. The molecule has 2 aromatic rings. The molecule has 3 heteroatoms. The van der Waals surface area contributed by atoms with Crippen LogP contribution in [0.2, 0.25) is 0 Å². The van der Waals surface area contributed by atoms with Crippen LogP contribution in [0.3, 0.4) is 0 Å². The number of ether oxygens (including phenoxy) is 2. The van der Waals surface area contributed by atoms with Gasteiger partial charge in [0.2, 0.25) is 0 Å². The molecule has 0 aromatic heterocycles. The summed E-state index contributed by atoms with van der Waals surface area (Å²) in [5, 5.41) is 2.12. The van der Waals surface area contributed by atoms with Gasteiger partial charge >= 0.3 is 0 Å². The molecule has 0 bridgehead atoms. The van der Waals surface area contributed by atoms with E-state index in [9.17, 15) is 0 Å². The molecule has 0 atom stereocenters. The van der Waals surface area contributed by atoms with Gasteiger partial charge in [-0.2, -0.15) is 0 Å². The minimum Gasteiger partial charge on any atom is -0.498 e. The summed E-state index contributed by atoms with van der Waals surface area (Å²) >= 11 is 0. The number of hydrogen-bond donors (Lipinski definition) is 1. The first-order valence-corrected chi connectivity index (χ1v) is 5.45. The van der Waals surface area contributed by atoms with Crippen molar-refractivity contribution in [1.29, 1.82) is 0 Å². The molecule has 0 saturated carbocycles. The number of nitrogens with two attached hydrogens (primary N) is 1. The van der Waals surface area contributed by atoms with Crippen LogP contribution in [0.5, 0.6) is 5.75 Å². The second-order valence-corrected chi connectivity index (χ2v) is 3.62. The number of benzene rings is 2. The highest BCUT2D eigenvalue weighted by Crippen LogP contribution is 2.25. The van der Waals surface area contributed by atoms with E-state index in [-0.39, 0.29) is 0 Å². The Balaban J connectivity index is 2.12. The van der Waals surface area contributed by atoms with Gasteiger partial charge in [-0.1, -0.05) is 18.7 Å². The van der Waals surface area contributed by atoms with Crippen molar-refractivity contribution in [1.82, 2.24) is 0 Å². The molecule has 0 aliphatic rings. The molecule has 2 rings (SSSR count). The third-order valence-electron chi connectivity index (χ3n) is 2.47. The number of anilines is 1. The maximum absolute atomic E-state index is 5.87. The summed E-state index contributed by atoms with van der Waals surface area (Å²) in [6.45, 7) is 4.46. The molecular formula is C14H15NO2. The lowest BCUT2D eigenvalue weighted by molar-refractivity contribution is 0.180. The maximum atomic E-state index is 5.87. The molecule has 2 aromatic carbocycles. The lowest BCUT2D eigenvalue weighted by atomic mass is 10.1. The lowest BCUT2D eigenvalue weighted by Crippen LogP contribution is -2.03. The first-order valence-electron chi connectivity index (χ1n) is 5.45. The third-order valence-corrected chi connectivity index (χ3v) is 2.47. The topological polar surface area (TPSA) is 44.5 Å². The van der Waals surface area contributed by atoms with E-state index in [2.05, 4.69) is 6.58 Å². The Morgan fingerprint density at radius 2 is 2.06 bits per heavy atom. The Hall–Kier alpha value is -2.16. The fraction of sp³-hybridized carbons (Fsp3) is 0.143. The van der Waals surface area contributed by atoms with Crippen molar-refractivity contribution in [3.05, 3.63) is 49.2 Å². The minimum absolute atomic E-state index is 0.498. The first-order chi connectivity index (χ1) is 8.31. The molecule has 3 nitrogen and oxygen atoms in total. The first kappa shape index (κ1) is 11.3. The van der Waals surface area contributed by atoms with Gasteiger partial charge in [0.15, 0.2) is 0 Å². The molecule has 0 heterocycles. The molecule has 0 amide bonds. The number of fused-ring (bicyclic) bond motifs is 1. The van der Waals surface area contributed by atoms with Crippen LogP contribution in [0, 0.1) is 0 Å². The molecule has 17 heavy (non-hydrogen) atoms. The molecule has 0 radical (unpaired) electrons. The summed E-state index contributed by atoms with van der Waals surface area (Å²) in [5.41, 5.74) is 6.66. The largest absolute Gasteiger partial charge is 0.498 e. The molecule has 0 unspecified atom stereocenters. The third kappa shape index (κ3) is 2.69. The Labute approximate surface area is 100 Å². The van der Waals surface area contributed by atoms with Gasteiger partial charge in [0.1, 0.15) is 19.0 Å². The van der Waals surface area contributed by atoms with E-state index in [4.69, 9.17) is 15.2 Å². The highest BCUT2D eigenvalue weighted by molar-refractivity contribution is 5.93. The maximum Gasteiger partial charge on any atom is 0.122 e. The van der Waals surface area contributed by atoms with Crippen LogP contribution in [0.15, 0.2) is 49.2 Å². The quantitative estimate of drug-likeness (QED) is 0.487. The number of nitrogen functional groups attached to an aromatic ring is 1. The Bertz CT molecular complexity index is 523. The van der Waals surface area contributed by atoms with E-state index in [1.165, 1.54) is 6.26 Å². The second kappa shape index (κ2) is 5.25. The van der Waals surface area contributed by atoms with Crippen molar-refractivity contribution in [2.45, 2.75) is 0 Å². The van der Waals surface area contributed by atoms with Crippen molar-refractivity contribution in [2.24, 2.45) is 0 Å². The summed E-state index contributed by atoms with van der Waals surface area (Å²) in [7, 11) is 0. The summed E-state index contributed by atoms with van der Waals surface area (Å²) < 4.78 is 10.5. The average Bonchev–Trinajstić information content (AvgIpc) is 2.35. The van der Waals surface area contributed by atoms with Gasteiger partial charge in [-0.15, -0.1) is 0 Å². The zero-order valence-electron chi connectivity index (χ0n) is 9.56. The smallest absolute Gasteiger partial charge is 0.122 e. The van der Waals surface area contributed by atoms with Crippen molar-refractivity contribution in [2.75, 3.05) is 18.9 Å². The van der Waals surface area contributed by atoms with Crippen LogP contribution in [0.25, 0.3) is 10.8 Å². The van der Waals surface area contributed by atoms with Crippen LogP contribution < -0.4 is 10.5 Å². The zero-order chi connectivity index (χ0) is 12.1. The van der Waals surface area contributed by atoms with Crippen molar-refractivity contribution in [3.8, 4) is 5.75 Å². The van der Waals surface area contributed by atoms with Gasteiger partial charge in [-0.05, 0) is 29.7 Å². The Morgan fingerprint density at radius 1 is 1.18 bits per heavy atom. The normalized spacial score (nSPS) is 10.1. The van der Waals surface area contributed by atoms with Crippen LogP contribution >= 0.6 is 0 Å². The minimum atomic E-state index is 0.498. The molecule has 0 aliphatic heterocycles.